The summed E-state index contributed by atoms with van der Waals surface area (Å²) < 4.78 is 0. The van der Waals surface area contributed by atoms with Gasteiger partial charge in [0.15, 0.2) is 0 Å². The maximum atomic E-state index is 12.2. The van der Waals surface area contributed by atoms with Crippen LogP contribution in [0.2, 0.25) is 0 Å². The van der Waals surface area contributed by atoms with Crippen LogP contribution < -0.4 is 5.73 Å². The lowest BCUT2D eigenvalue weighted by Crippen LogP contribution is -2.39. The van der Waals surface area contributed by atoms with Crippen molar-refractivity contribution in [3.63, 3.8) is 0 Å². The van der Waals surface area contributed by atoms with Gasteiger partial charge >= 0.3 is 0 Å². The molecule has 1 amide bonds. The molecule has 2 rings (SSSR count). The van der Waals surface area contributed by atoms with Crippen molar-refractivity contribution >= 4 is 5.91 Å². The van der Waals surface area contributed by atoms with E-state index in [1.165, 1.54) is 32.1 Å². The van der Waals surface area contributed by atoms with Gasteiger partial charge in [0.2, 0.25) is 5.91 Å². The lowest BCUT2D eigenvalue weighted by molar-refractivity contribution is -0.133. The van der Waals surface area contributed by atoms with Gasteiger partial charge in [0.25, 0.3) is 0 Å². The zero-order chi connectivity index (χ0) is 12.3. The average Bonchev–Trinajstić information content (AvgIpc) is 2.79. The summed E-state index contributed by atoms with van der Waals surface area (Å²) in [6, 6.07) is 0.574. The van der Waals surface area contributed by atoms with Crippen LogP contribution >= 0.6 is 0 Å². The molecule has 3 atom stereocenters. The van der Waals surface area contributed by atoms with Gasteiger partial charge in [-0.25, -0.2) is 0 Å². The highest BCUT2D eigenvalue weighted by Crippen LogP contribution is 2.36. The highest BCUT2D eigenvalue weighted by Gasteiger charge is 2.37. The molecule has 3 heteroatoms. The Morgan fingerprint density at radius 1 is 1.35 bits per heavy atom. The van der Waals surface area contributed by atoms with E-state index in [0.717, 1.165) is 18.9 Å². The highest BCUT2D eigenvalue weighted by atomic mass is 16.2. The van der Waals surface area contributed by atoms with Crippen molar-refractivity contribution in [2.75, 3.05) is 13.1 Å². The van der Waals surface area contributed by atoms with Crippen LogP contribution in [-0.4, -0.2) is 29.9 Å². The molecule has 17 heavy (non-hydrogen) atoms. The molecule has 2 aliphatic rings. The Morgan fingerprint density at radius 3 is 2.88 bits per heavy atom. The number of amides is 1. The van der Waals surface area contributed by atoms with Crippen LogP contribution in [0.5, 0.6) is 0 Å². The maximum Gasteiger partial charge on any atom is 0.222 e. The Balaban J connectivity index is 1.83. The molecular weight excluding hydrogens is 212 g/mol. The molecule has 1 aliphatic carbocycles. The second kappa shape index (κ2) is 5.85. The van der Waals surface area contributed by atoms with Crippen LogP contribution in [0.1, 0.15) is 51.9 Å². The lowest BCUT2D eigenvalue weighted by atomic mass is 9.85. The number of carbonyl (C=O) groups excluding carboxylic acids is 1. The minimum atomic E-state index is 0.375. The number of rotatable bonds is 4. The Bertz CT molecular complexity index is 267. The Morgan fingerprint density at radius 2 is 2.12 bits per heavy atom. The van der Waals surface area contributed by atoms with Gasteiger partial charge < -0.3 is 10.6 Å². The number of carbonyl (C=O) groups is 1. The van der Waals surface area contributed by atoms with Crippen molar-refractivity contribution in [2.24, 2.45) is 17.6 Å². The van der Waals surface area contributed by atoms with Gasteiger partial charge in [0, 0.05) is 19.0 Å². The fourth-order valence-electron chi connectivity index (χ4n) is 3.35. The molecule has 98 valence electrons. The third-order valence-corrected chi connectivity index (χ3v) is 4.58. The van der Waals surface area contributed by atoms with Gasteiger partial charge in [-0.2, -0.15) is 0 Å². The molecule has 2 N–H and O–H groups in total. The van der Waals surface area contributed by atoms with Crippen molar-refractivity contribution in [3.8, 4) is 0 Å². The van der Waals surface area contributed by atoms with Crippen LogP contribution in [0.25, 0.3) is 0 Å². The molecule has 0 spiro atoms. The largest absolute Gasteiger partial charge is 0.339 e. The van der Waals surface area contributed by atoms with Crippen molar-refractivity contribution in [1.82, 2.24) is 4.90 Å². The van der Waals surface area contributed by atoms with Crippen LogP contribution in [0.15, 0.2) is 0 Å². The minimum Gasteiger partial charge on any atom is -0.339 e. The van der Waals surface area contributed by atoms with Gasteiger partial charge in [0.1, 0.15) is 0 Å². The van der Waals surface area contributed by atoms with E-state index in [2.05, 4.69) is 11.8 Å². The first kappa shape index (κ1) is 12.9. The summed E-state index contributed by atoms with van der Waals surface area (Å²) in [6.07, 6.45) is 8.14. The molecule has 1 aliphatic heterocycles. The Hall–Kier alpha value is -0.570. The van der Waals surface area contributed by atoms with E-state index in [0.29, 0.717) is 30.8 Å². The van der Waals surface area contributed by atoms with Crippen molar-refractivity contribution in [1.29, 1.82) is 0 Å². The number of fused-ring (bicyclic) bond motifs is 1. The van der Waals surface area contributed by atoms with Crippen molar-refractivity contribution in [2.45, 2.75) is 57.9 Å². The Labute approximate surface area is 105 Å². The van der Waals surface area contributed by atoms with E-state index >= 15 is 0 Å². The monoisotopic (exact) mass is 238 g/mol. The predicted molar refractivity (Wildman–Crippen MR) is 69.5 cm³/mol. The van der Waals surface area contributed by atoms with Gasteiger partial charge in [-0.1, -0.05) is 19.8 Å². The standard InChI is InChI=1S/C14H26N2O/c1-11(10-15)6-7-14(17)16-9-8-12-4-2-3-5-13(12)16/h11-13H,2-10,15H2,1H3. The Kier molecular flexibility index (Phi) is 4.43. The number of nitrogens with two attached hydrogens (primary N) is 1. The third-order valence-electron chi connectivity index (χ3n) is 4.58. The zero-order valence-corrected chi connectivity index (χ0v) is 11.0. The molecule has 1 saturated heterocycles. The average molecular weight is 238 g/mol. The smallest absolute Gasteiger partial charge is 0.222 e. The molecule has 3 nitrogen and oxygen atoms in total. The quantitative estimate of drug-likeness (QED) is 0.815. The predicted octanol–water partition coefficient (Wildman–Crippen LogP) is 2.15. The van der Waals surface area contributed by atoms with E-state index in [1.807, 2.05) is 0 Å². The first-order chi connectivity index (χ1) is 8.22. The fraction of sp³-hybridized carbons (Fsp3) is 0.929. The molecule has 1 saturated carbocycles. The van der Waals surface area contributed by atoms with Crippen molar-refractivity contribution in [3.05, 3.63) is 0 Å². The summed E-state index contributed by atoms with van der Waals surface area (Å²) in [5.74, 6) is 1.66. The summed E-state index contributed by atoms with van der Waals surface area (Å²) in [4.78, 5) is 14.4. The number of hydrogen-bond acceptors (Lipinski definition) is 2. The third kappa shape index (κ3) is 3.01. The number of nitrogens with zero attached hydrogens (tertiary/aromatic N) is 1. The van der Waals surface area contributed by atoms with Crippen LogP contribution in [0.4, 0.5) is 0 Å². The molecule has 2 fully saturated rings. The highest BCUT2D eigenvalue weighted by molar-refractivity contribution is 5.76. The normalized spacial score (nSPS) is 30.1. The van der Waals surface area contributed by atoms with Crippen LogP contribution in [-0.2, 0) is 4.79 Å². The fourth-order valence-corrected chi connectivity index (χ4v) is 3.35. The first-order valence-electron chi connectivity index (χ1n) is 7.22. The van der Waals surface area contributed by atoms with Crippen molar-refractivity contribution < 1.29 is 4.79 Å². The van der Waals surface area contributed by atoms with Gasteiger partial charge in [-0.3, -0.25) is 4.79 Å². The van der Waals surface area contributed by atoms with E-state index in [1.54, 1.807) is 0 Å². The molecule has 0 aromatic rings. The first-order valence-corrected chi connectivity index (χ1v) is 7.22. The van der Waals surface area contributed by atoms with Crippen LogP contribution in [0.3, 0.4) is 0 Å². The molecule has 0 aromatic carbocycles. The van der Waals surface area contributed by atoms with E-state index < -0.39 is 0 Å². The summed E-state index contributed by atoms with van der Waals surface area (Å²) in [6.45, 7) is 3.82. The molecule has 0 radical (unpaired) electrons. The summed E-state index contributed by atoms with van der Waals surface area (Å²) in [7, 11) is 0. The molecule has 1 heterocycles. The second-order valence-corrected chi connectivity index (χ2v) is 5.87. The second-order valence-electron chi connectivity index (χ2n) is 5.87. The minimum absolute atomic E-state index is 0.375. The lowest BCUT2D eigenvalue weighted by Gasteiger charge is -2.32. The van der Waals surface area contributed by atoms with E-state index in [-0.39, 0.29) is 0 Å². The summed E-state index contributed by atoms with van der Waals surface area (Å²) >= 11 is 0. The SMILES string of the molecule is CC(CN)CCC(=O)N1CCC2CCCCC21. The zero-order valence-electron chi connectivity index (χ0n) is 11.0. The van der Waals surface area contributed by atoms with Gasteiger partial charge in [0.05, 0.1) is 0 Å². The van der Waals surface area contributed by atoms with Crippen LogP contribution in [0, 0.1) is 11.8 Å². The molecule has 3 unspecified atom stereocenters. The topological polar surface area (TPSA) is 46.3 Å². The van der Waals surface area contributed by atoms with E-state index in [4.69, 9.17) is 5.73 Å². The molecule has 0 aromatic heterocycles. The van der Waals surface area contributed by atoms with E-state index in [9.17, 15) is 4.79 Å². The number of hydrogen-bond donors (Lipinski definition) is 1. The van der Waals surface area contributed by atoms with Gasteiger partial charge in [-0.05, 0) is 44.1 Å². The number of likely N-dealkylation sites (tertiary alicyclic amines) is 1. The summed E-state index contributed by atoms with van der Waals surface area (Å²) in [5.41, 5.74) is 5.59. The molecular formula is C14H26N2O. The molecule has 0 bridgehead atoms. The van der Waals surface area contributed by atoms with Gasteiger partial charge in [-0.15, -0.1) is 0 Å². The maximum absolute atomic E-state index is 12.2. The summed E-state index contributed by atoms with van der Waals surface area (Å²) in [5, 5.41) is 0.